The molecular formula is C37H44Cl3N3O2. The van der Waals surface area contributed by atoms with Crippen LogP contribution in [0.4, 0.5) is 0 Å². The minimum absolute atomic E-state index is 0. The van der Waals surface area contributed by atoms with Crippen LogP contribution in [0.2, 0.25) is 10.0 Å². The van der Waals surface area contributed by atoms with Crippen LogP contribution in [0.3, 0.4) is 0 Å². The summed E-state index contributed by atoms with van der Waals surface area (Å²) in [6.07, 6.45) is 7.25. The van der Waals surface area contributed by atoms with Crippen LogP contribution in [-0.4, -0.2) is 65.8 Å². The highest BCUT2D eigenvalue weighted by molar-refractivity contribution is 6.42. The topological polar surface area (TPSA) is 43.9 Å². The molecule has 3 saturated heterocycles. The molecule has 0 bridgehead atoms. The van der Waals surface area contributed by atoms with E-state index in [2.05, 4.69) is 46.2 Å². The van der Waals surface area contributed by atoms with Crippen LogP contribution >= 0.6 is 35.6 Å². The van der Waals surface area contributed by atoms with Gasteiger partial charge in [-0.2, -0.15) is 0 Å². The molecule has 8 heteroatoms. The van der Waals surface area contributed by atoms with E-state index in [0.29, 0.717) is 22.5 Å². The molecule has 5 nitrogen and oxygen atoms in total. The number of nitrogens with zero attached hydrogens (tertiary/aromatic N) is 3. The Bertz CT molecular complexity index is 1440. The highest BCUT2D eigenvalue weighted by atomic mass is 35.5. The fourth-order valence-electron chi connectivity index (χ4n) is 7.84. The van der Waals surface area contributed by atoms with Gasteiger partial charge in [-0.3, -0.25) is 9.59 Å². The lowest BCUT2D eigenvalue weighted by Gasteiger charge is -2.44. The summed E-state index contributed by atoms with van der Waals surface area (Å²) in [6.45, 7) is 5.78. The number of likely N-dealkylation sites (tertiary alicyclic amines) is 3. The molecule has 0 radical (unpaired) electrons. The molecule has 3 fully saturated rings. The van der Waals surface area contributed by atoms with Crippen molar-refractivity contribution in [3.63, 3.8) is 0 Å². The van der Waals surface area contributed by atoms with Crippen molar-refractivity contribution in [1.82, 2.24) is 14.7 Å². The number of carbonyl (C=O) groups excluding carboxylic acids is 2. The molecule has 0 N–H and O–H groups in total. The molecule has 3 aliphatic heterocycles. The first-order valence-electron chi connectivity index (χ1n) is 16.3. The van der Waals surface area contributed by atoms with Gasteiger partial charge in [-0.05, 0) is 99.8 Å². The van der Waals surface area contributed by atoms with Crippen LogP contribution in [0.25, 0.3) is 0 Å². The van der Waals surface area contributed by atoms with Gasteiger partial charge in [0, 0.05) is 26.2 Å². The van der Waals surface area contributed by atoms with Gasteiger partial charge in [0.2, 0.25) is 11.8 Å². The molecule has 0 aromatic heterocycles. The largest absolute Gasteiger partial charge is 0.342 e. The monoisotopic (exact) mass is 667 g/mol. The average molecular weight is 669 g/mol. The summed E-state index contributed by atoms with van der Waals surface area (Å²) in [5.74, 6) is 0.495. The molecule has 45 heavy (non-hydrogen) atoms. The average Bonchev–Trinajstić information content (AvgIpc) is 3.60. The Morgan fingerprint density at radius 3 is 2.07 bits per heavy atom. The maximum absolute atomic E-state index is 14.4. The lowest BCUT2D eigenvalue weighted by atomic mass is 9.69. The van der Waals surface area contributed by atoms with Gasteiger partial charge in [-0.1, -0.05) is 89.9 Å². The van der Waals surface area contributed by atoms with Gasteiger partial charge in [0.05, 0.1) is 20.9 Å². The van der Waals surface area contributed by atoms with Crippen LogP contribution in [0.5, 0.6) is 0 Å². The summed E-state index contributed by atoms with van der Waals surface area (Å²) in [4.78, 5) is 34.9. The van der Waals surface area contributed by atoms with Crippen molar-refractivity contribution in [2.24, 2.45) is 0 Å². The Morgan fingerprint density at radius 1 is 0.733 bits per heavy atom. The molecule has 2 amide bonds. The first kappa shape index (κ1) is 33.8. The van der Waals surface area contributed by atoms with Gasteiger partial charge >= 0.3 is 0 Å². The summed E-state index contributed by atoms with van der Waals surface area (Å²) >= 11 is 12.8. The third kappa shape index (κ3) is 7.07. The zero-order valence-electron chi connectivity index (χ0n) is 25.9. The van der Waals surface area contributed by atoms with Crippen molar-refractivity contribution in [2.75, 3.05) is 39.3 Å². The Kier molecular flexibility index (Phi) is 11.2. The highest BCUT2D eigenvalue weighted by Crippen LogP contribution is 2.43. The number of carbonyl (C=O) groups is 2. The van der Waals surface area contributed by atoms with Crippen molar-refractivity contribution in [2.45, 2.75) is 68.7 Å². The maximum Gasteiger partial charge on any atom is 0.233 e. The summed E-state index contributed by atoms with van der Waals surface area (Å²) in [5.41, 5.74) is 2.19. The van der Waals surface area contributed by atoms with Crippen LogP contribution in [0, 0.1) is 0 Å². The lowest BCUT2D eigenvalue weighted by Crippen LogP contribution is -2.53. The fourth-order valence-corrected chi connectivity index (χ4v) is 8.14. The van der Waals surface area contributed by atoms with Crippen molar-refractivity contribution >= 4 is 47.4 Å². The van der Waals surface area contributed by atoms with E-state index in [0.717, 1.165) is 107 Å². The minimum Gasteiger partial charge on any atom is -0.342 e. The number of benzene rings is 3. The summed E-state index contributed by atoms with van der Waals surface area (Å²) in [7, 11) is 0. The second-order valence-corrected chi connectivity index (χ2v) is 13.7. The van der Waals surface area contributed by atoms with E-state index in [9.17, 15) is 9.59 Å². The molecule has 6 rings (SSSR count). The van der Waals surface area contributed by atoms with E-state index in [1.807, 2.05) is 47.4 Å². The zero-order valence-corrected chi connectivity index (χ0v) is 28.3. The van der Waals surface area contributed by atoms with Crippen LogP contribution in [0.1, 0.15) is 68.1 Å². The lowest BCUT2D eigenvalue weighted by molar-refractivity contribution is -0.142. The summed E-state index contributed by atoms with van der Waals surface area (Å²) < 4.78 is 0. The second-order valence-electron chi connectivity index (χ2n) is 12.9. The number of hydrogen-bond donors (Lipinski definition) is 0. The molecule has 0 spiro atoms. The molecule has 3 aromatic rings. The van der Waals surface area contributed by atoms with Crippen LogP contribution in [0.15, 0.2) is 78.9 Å². The maximum atomic E-state index is 14.4. The normalized spacial score (nSPS) is 21.9. The number of halogens is 3. The summed E-state index contributed by atoms with van der Waals surface area (Å²) in [5, 5.41) is 1.00. The molecule has 1 atom stereocenters. The summed E-state index contributed by atoms with van der Waals surface area (Å²) in [6, 6.07) is 26.4. The van der Waals surface area contributed by atoms with Crippen molar-refractivity contribution in [3.05, 3.63) is 106 Å². The number of piperidine rings is 2. The Labute approximate surface area is 284 Å². The number of amides is 2. The minimum atomic E-state index is -0.628. The van der Waals surface area contributed by atoms with Gasteiger partial charge in [0.25, 0.3) is 0 Å². The van der Waals surface area contributed by atoms with Crippen molar-refractivity contribution < 1.29 is 9.59 Å². The number of hydrogen-bond acceptors (Lipinski definition) is 3. The first-order chi connectivity index (χ1) is 21.4. The standard InChI is InChI=1S/C37H43Cl2N3O2.ClH/c38-32-16-15-31(27-33(32)39)36(18-10-24-42(35(36)44)28-29-11-3-1-4-12-29)17-9-21-40-25-19-37(20-26-40,30-13-5-2-6-14-30)34(43)41-22-7-8-23-41;/h1-6,11-16,27H,7-10,17-26,28H2;1H. The van der Waals surface area contributed by atoms with E-state index >= 15 is 0 Å². The predicted octanol–water partition coefficient (Wildman–Crippen LogP) is 7.91. The molecule has 3 aromatic carbocycles. The van der Waals surface area contributed by atoms with Gasteiger partial charge in [-0.15, -0.1) is 12.4 Å². The zero-order chi connectivity index (χ0) is 30.6. The van der Waals surface area contributed by atoms with E-state index in [4.69, 9.17) is 23.2 Å². The smallest absolute Gasteiger partial charge is 0.233 e. The highest BCUT2D eigenvalue weighted by Gasteiger charge is 2.47. The molecule has 3 aliphatic rings. The van der Waals surface area contributed by atoms with Crippen LogP contribution in [-0.2, 0) is 27.0 Å². The Hall–Kier alpha value is -2.57. The SMILES string of the molecule is Cl.O=C(N1CCCC1)C1(c2ccccc2)CCN(CCCC2(c3ccc(Cl)c(Cl)c3)CCCN(Cc3ccccc3)C2=O)CC1. The van der Waals surface area contributed by atoms with Gasteiger partial charge in [0.15, 0.2) is 0 Å². The Morgan fingerprint density at radius 2 is 1.40 bits per heavy atom. The molecule has 3 heterocycles. The van der Waals surface area contributed by atoms with Crippen LogP contribution < -0.4 is 0 Å². The van der Waals surface area contributed by atoms with Crippen molar-refractivity contribution in [1.29, 1.82) is 0 Å². The predicted molar refractivity (Wildman–Crippen MR) is 185 cm³/mol. The van der Waals surface area contributed by atoms with Gasteiger partial charge in [0.1, 0.15) is 0 Å². The third-order valence-corrected chi connectivity index (χ3v) is 11.1. The molecule has 0 aliphatic carbocycles. The first-order valence-corrected chi connectivity index (χ1v) is 17.0. The van der Waals surface area contributed by atoms with E-state index in [-0.39, 0.29) is 18.3 Å². The molecular weight excluding hydrogens is 625 g/mol. The third-order valence-electron chi connectivity index (χ3n) is 10.3. The second kappa shape index (κ2) is 14.9. The van der Waals surface area contributed by atoms with Gasteiger partial charge in [-0.25, -0.2) is 0 Å². The van der Waals surface area contributed by atoms with E-state index in [1.54, 1.807) is 0 Å². The molecule has 240 valence electrons. The quantitative estimate of drug-likeness (QED) is 0.233. The van der Waals surface area contributed by atoms with Crippen molar-refractivity contribution in [3.8, 4) is 0 Å². The molecule has 0 saturated carbocycles. The Balaban J connectivity index is 0.00000400. The van der Waals surface area contributed by atoms with E-state index in [1.165, 1.54) is 0 Å². The van der Waals surface area contributed by atoms with E-state index < -0.39 is 10.8 Å². The van der Waals surface area contributed by atoms with Gasteiger partial charge < -0.3 is 14.7 Å². The fraction of sp³-hybridized carbons (Fsp3) is 0.459. The molecule has 1 unspecified atom stereocenters. The number of rotatable bonds is 9.